The smallest absolute Gasteiger partial charge is 0.416 e. The fraction of sp³-hybridized carbons (Fsp3) is 0.357. The van der Waals surface area contributed by atoms with Gasteiger partial charge in [0.05, 0.1) is 11.1 Å². The summed E-state index contributed by atoms with van der Waals surface area (Å²) in [6, 6.07) is 2.62. The van der Waals surface area contributed by atoms with Crippen LogP contribution >= 0.6 is 0 Å². The highest BCUT2D eigenvalue weighted by molar-refractivity contribution is 5.94. The molecule has 0 spiro atoms. The van der Waals surface area contributed by atoms with Crippen LogP contribution in [0, 0.1) is 12.3 Å². The molecular weight excluding hydrogens is 271 g/mol. The van der Waals surface area contributed by atoms with Crippen molar-refractivity contribution in [1.29, 1.82) is 0 Å². The third kappa shape index (κ3) is 4.50. The van der Waals surface area contributed by atoms with Gasteiger partial charge in [-0.25, -0.2) is 4.79 Å². The van der Waals surface area contributed by atoms with Gasteiger partial charge in [0.1, 0.15) is 0 Å². The fourth-order valence-corrected chi connectivity index (χ4v) is 1.63. The van der Waals surface area contributed by atoms with Crippen molar-refractivity contribution < 1.29 is 23.1 Å². The van der Waals surface area contributed by atoms with E-state index in [-0.39, 0.29) is 5.69 Å². The van der Waals surface area contributed by atoms with Crippen molar-refractivity contribution in [3.63, 3.8) is 0 Å². The van der Waals surface area contributed by atoms with E-state index < -0.39 is 23.3 Å². The van der Waals surface area contributed by atoms with Crippen LogP contribution in [0.2, 0.25) is 0 Å². The second-order valence-corrected chi connectivity index (χ2v) is 4.15. The predicted octanol–water partition coefficient (Wildman–Crippen LogP) is 3.62. The molecule has 1 aromatic carbocycles. The standard InChI is InChI=1S/C14H14F3NO2/c1-2-3-4-5-8-18-12-7-6-10(14(15,16)17)9-11(12)13(19)20/h1,6-7,9,18H,3-5,8H2,(H,19,20). The predicted molar refractivity (Wildman–Crippen MR) is 69.6 cm³/mol. The molecule has 0 aliphatic rings. The Bertz CT molecular complexity index is 518. The second kappa shape index (κ2) is 6.85. The number of hydrogen-bond donors (Lipinski definition) is 2. The molecule has 0 aliphatic carbocycles. The van der Waals surface area contributed by atoms with Crippen molar-refractivity contribution in [2.75, 3.05) is 11.9 Å². The van der Waals surface area contributed by atoms with Crippen LogP contribution in [0.3, 0.4) is 0 Å². The van der Waals surface area contributed by atoms with Gasteiger partial charge in [-0.1, -0.05) is 0 Å². The molecule has 0 saturated heterocycles. The number of aromatic carboxylic acids is 1. The first-order valence-corrected chi connectivity index (χ1v) is 5.98. The monoisotopic (exact) mass is 285 g/mol. The summed E-state index contributed by atoms with van der Waals surface area (Å²) in [6.45, 7) is 0.452. The summed E-state index contributed by atoms with van der Waals surface area (Å²) in [5, 5.41) is 11.8. The largest absolute Gasteiger partial charge is 0.478 e. The number of nitrogens with one attached hydrogen (secondary N) is 1. The first-order chi connectivity index (χ1) is 9.36. The number of halogens is 3. The van der Waals surface area contributed by atoms with E-state index in [4.69, 9.17) is 11.5 Å². The third-order valence-electron chi connectivity index (χ3n) is 2.64. The summed E-state index contributed by atoms with van der Waals surface area (Å²) < 4.78 is 37.6. The van der Waals surface area contributed by atoms with E-state index in [0.29, 0.717) is 25.5 Å². The maximum Gasteiger partial charge on any atom is 0.416 e. The lowest BCUT2D eigenvalue weighted by atomic mass is 10.1. The average Bonchev–Trinajstić information content (AvgIpc) is 2.37. The Labute approximate surface area is 114 Å². The van der Waals surface area contributed by atoms with Gasteiger partial charge >= 0.3 is 12.1 Å². The van der Waals surface area contributed by atoms with Gasteiger partial charge in [0.2, 0.25) is 0 Å². The van der Waals surface area contributed by atoms with E-state index in [0.717, 1.165) is 18.6 Å². The lowest BCUT2D eigenvalue weighted by Gasteiger charge is -2.12. The molecule has 20 heavy (non-hydrogen) atoms. The first kappa shape index (κ1) is 15.9. The Hall–Kier alpha value is -2.16. The molecule has 0 heterocycles. The third-order valence-corrected chi connectivity index (χ3v) is 2.64. The minimum absolute atomic E-state index is 0.172. The van der Waals surface area contributed by atoms with Gasteiger partial charge in [-0.2, -0.15) is 13.2 Å². The summed E-state index contributed by atoms with van der Waals surface area (Å²) in [5.41, 5.74) is -1.20. The number of unbranched alkanes of at least 4 members (excludes halogenated alkanes) is 2. The minimum Gasteiger partial charge on any atom is -0.478 e. The topological polar surface area (TPSA) is 49.3 Å². The van der Waals surface area contributed by atoms with Crippen molar-refractivity contribution in [3.05, 3.63) is 29.3 Å². The number of terminal acetylenes is 1. The highest BCUT2D eigenvalue weighted by atomic mass is 19.4. The Morgan fingerprint density at radius 2 is 2.05 bits per heavy atom. The zero-order valence-corrected chi connectivity index (χ0v) is 10.6. The molecule has 0 radical (unpaired) electrons. The second-order valence-electron chi connectivity index (χ2n) is 4.15. The van der Waals surface area contributed by atoms with Crippen LogP contribution in [0.15, 0.2) is 18.2 Å². The van der Waals surface area contributed by atoms with E-state index in [1.54, 1.807) is 0 Å². The Kier molecular flexibility index (Phi) is 5.44. The number of anilines is 1. The van der Waals surface area contributed by atoms with Gasteiger partial charge in [0.15, 0.2) is 0 Å². The Morgan fingerprint density at radius 3 is 2.60 bits per heavy atom. The summed E-state index contributed by atoms with van der Waals surface area (Å²) in [5.74, 6) is 1.07. The van der Waals surface area contributed by atoms with Crippen LogP contribution in [-0.4, -0.2) is 17.6 Å². The van der Waals surface area contributed by atoms with Gasteiger partial charge in [-0.15, -0.1) is 12.3 Å². The van der Waals surface area contributed by atoms with Crippen molar-refractivity contribution in [3.8, 4) is 12.3 Å². The fourth-order valence-electron chi connectivity index (χ4n) is 1.63. The molecule has 2 N–H and O–H groups in total. The molecule has 6 heteroatoms. The Balaban J connectivity index is 2.81. The molecule has 0 amide bonds. The molecule has 0 atom stereocenters. The molecule has 0 aliphatic heterocycles. The lowest BCUT2D eigenvalue weighted by molar-refractivity contribution is -0.137. The van der Waals surface area contributed by atoms with E-state index in [2.05, 4.69) is 11.2 Å². The molecule has 0 unspecified atom stereocenters. The molecule has 1 aromatic rings. The summed E-state index contributed by atoms with van der Waals surface area (Å²) in [6.07, 6.45) is 2.62. The first-order valence-electron chi connectivity index (χ1n) is 5.98. The van der Waals surface area contributed by atoms with Crippen LogP contribution < -0.4 is 5.32 Å². The highest BCUT2D eigenvalue weighted by Crippen LogP contribution is 2.31. The van der Waals surface area contributed by atoms with Gasteiger partial charge in [0, 0.05) is 18.7 Å². The normalized spacial score (nSPS) is 10.9. The van der Waals surface area contributed by atoms with Crippen molar-refractivity contribution in [2.45, 2.75) is 25.4 Å². The zero-order valence-electron chi connectivity index (χ0n) is 10.6. The van der Waals surface area contributed by atoms with Gasteiger partial charge in [-0.3, -0.25) is 0 Å². The molecule has 0 saturated carbocycles. The molecule has 0 aromatic heterocycles. The quantitative estimate of drug-likeness (QED) is 0.620. The van der Waals surface area contributed by atoms with Crippen molar-refractivity contribution >= 4 is 11.7 Å². The van der Waals surface area contributed by atoms with Crippen molar-refractivity contribution in [1.82, 2.24) is 0 Å². The molecule has 0 bridgehead atoms. The number of benzene rings is 1. The number of carboxylic acid groups (broad SMARTS) is 1. The van der Waals surface area contributed by atoms with Crippen LogP contribution in [0.1, 0.15) is 35.2 Å². The van der Waals surface area contributed by atoms with E-state index in [1.165, 1.54) is 0 Å². The maximum absolute atomic E-state index is 12.5. The molecule has 108 valence electrons. The van der Waals surface area contributed by atoms with Crippen LogP contribution in [-0.2, 0) is 6.18 Å². The highest BCUT2D eigenvalue weighted by Gasteiger charge is 2.31. The summed E-state index contributed by atoms with van der Waals surface area (Å²) in [7, 11) is 0. The van der Waals surface area contributed by atoms with Crippen molar-refractivity contribution in [2.24, 2.45) is 0 Å². The number of rotatable bonds is 6. The molecule has 1 rings (SSSR count). The SMILES string of the molecule is C#CCCCCNc1ccc(C(F)(F)F)cc1C(=O)O. The number of carbonyl (C=O) groups is 1. The van der Waals surface area contributed by atoms with Crippen LogP contribution in [0.4, 0.5) is 18.9 Å². The average molecular weight is 285 g/mol. The van der Waals surface area contributed by atoms with Gasteiger partial charge in [0.25, 0.3) is 0 Å². The summed E-state index contributed by atoms with van der Waals surface area (Å²) in [4.78, 5) is 11.0. The van der Waals surface area contributed by atoms with Crippen LogP contribution in [0.5, 0.6) is 0 Å². The van der Waals surface area contributed by atoms with Gasteiger partial charge < -0.3 is 10.4 Å². The molecule has 3 nitrogen and oxygen atoms in total. The molecular formula is C14H14F3NO2. The summed E-state index contributed by atoms with van der Waals surface area (Å²) >= 11 is 0. The van der Waals surface area contributed by atoms with E-state index >= 15 is 0 Å². The molecule has 0 fully saturated rings. The van der Waals surface area contributed by atoms with Crippen LogP contribution in [0.25, 0.3) is 0 Å². The minimum atomic E-state index is -4.56. The van der Waals surface area contributed by atoms with E-state index in [9.17, 15) is 18.0 Å². The zero-order chi connectivity index (χ0) is 15.2. The number of carboxylic acids is 1. The lowest BCUT2D eigenvalue weighted by Crippen LogP contribution is -2.11. The van der Waals surface area contributed by atoms with Gasteiger partial charge in [-0.05, 0) is 31.0 Å². The number of alkyl halides is 3. The number of hydrogen-bond acceptors (Lipinski definition) is 2. The Morgan fingerprint density at radius 1 is 1.35 bits per heavy atom. The maximum atomic E-state index is 12.5. The van der Waals surface area contributed by atoms with E-state index in [1.807, 2.05) is 0 Å².